The summed E-state index contributed by atoms with van der Waals surface area (Å²) in [6.45, 7) is 33.7. The molecule has 0 radical (unpaired) electrons. The summed E-state index contributed by atoms with van der Waals surface area (Å²) in [6, 6.07) is -14.2. The third-order valence-electron chi connectivity index (χ3n) is 17.8. The first-order chi connectivity index (χ1) is 43.4. The zero-order valence-corrected chi connectivity index (χ0v) is 62.1. The van der Waals surface area contributed by atoms with Gasteiger partial charge in [0.05, 0.1) is 18.3 Å². The van der Waals surface area contributed by atoms with Crippen LogP contribution < -0.4 is 21.3 Å². The topological polar surface area (TPSA) is 291 Å². The summed E-state index contributed by atoms with van der Waals surface area (Å²) >= 11 is 0. The van der Waals surface area contributed by atoms with Crippen LogP contribution in [0.1, 0.15) is 163 Å². The fourth-order valence-electron chi connectivity index (χ4n) is 11.8. The third kappa shape index (κ3) is 24.3. The summed E-state index contributed by atoms with van der Waals surface area (Å²) < 4.78 is 6.13. The van der Waals surface area contributed by atoms with Gasteiger partial charge in [-0.2, -0.15) is 0 Å². The van der Waals surface area contributed by atoms with Crippen molar-refractivity contribution in [3.8, 4) is 0 Å². The summed E-state index contributed by atoms with van der Waals surface area (Å²) in [7, 11) is 13.5. The first-order valence-corrected chi connectivity index (χ1v) is 33.7. The summed E-state index contributed by atoms with van der Waals surface area (Å²) in [5, 5.41) is 23.4. The van der Waals surface area contributed by atoms with Gasteiger partial charge in [0.25, 0.3) is 0 Å². The smallest absolute Gasteiger partial charge is 0.246 e. The van der Waals surface area contributed by atoms with Crippen LogP contribution >= 0.6 is 0 Å². The van der Waals surface area contributed by atoms with Gasteiger partial charge in [0, 0.05) is 55.8 Å². The summed E-state index contributed by atoms with van der Waals surface area (Å²) in [4.78, 5) is 175. The van der Waals surface area contributed by atoms with Crippen LogP contribution in [0.4, 0.5) is 0 Å². The lowest BCUT2D eigenvalue weighted by atomic mass is 9.91. The Balaban J connectivity index is 4.61. The van der Waals surface area contributed by atoms with E-state index in [-0.39, 0.29) is 69.4 Å². The Kier molecular flexibility index (Phi) is 35.4. The van der Waals surface area contributed by atoms with E-state index in [0.717, 1.165) is 4.90 Å². The zero-order chi connectivity index (χ0) is 72.9. The van der Waals surface area contributed by atoms with Gasteiger partial charge >= 0.3 is 0 Å². The van der Waals surface area contributed by atoms with Gasteiger partial charge in [-0.15, -0.1) is 6.58 Å². The molecule has 13 atom stereocenters. The highest BCUT2D eigenvalue weighted by Gasteiger charge is 2.47. The number of hydrogen-bond donors (Lipinski definition) is 5. The van der Waals surface area contributed by atoms with Crippen molar-refractivity contribution in [2.24, 2.45) is 35.5 Å². The second-order valence-corrected chi connectivity index (χ2v) is 28.8. The normalized spacial score (nSPS) is 26.4. The average molecular weight is 1330 g/mol. The summed E-state index contributed by atoms with van der Waals surface area (Å²) in [5.74, 6) is -10.0. The first kappa shape index (κ1) is 85.5. The third-order valence-corrected chi connectivity index (χ3v) is 17.8. The van der Waals surface area contributed by atoms with Crippen molar-refractivity contribution in [3.63, 3.8) is 0 Å². The predicted octanol–water partition coefficient (Wildman–Crippen LogP) is 3.91. The Hall–Kier alpha value is -6.47. The number of rotatable bonds is 21. The highest BCUT2D eigenvalue weighted by atomic mass is 16.5. The molecular weight excluding hydrogens is 1200 g/mol. The van der Waals surface area contributed by atoms with E-state index in [1.54, 1.807) is 82.5 Å². The van der Waals surface area contributed by atoms with Gasteiger partial charge in [0.1, 0.15) is 66.5 Å². The van der Waals surface area contributed by atoms with Crippen molar-refractivity contribution < 1.29 is 62.6 Å². The van der Waals surface area contributed by atoms with Crippen LogP contribution in [-0.2, 0) is 57.5 Å². The second kappa shape index (κ2) is 38.9. The molecule has 538 valence electrons. The van der Waals surface area contributed by atoms with E-state index in [2.05, 4.69) is 27.8 Å². The number of aliphatic hydroxyl groups excluding tert-OH is 1. The minimum atomic E-state index is -1.65. The van der Waals surface area contributed by atoms with Crippen molar-refractivity contribution in [2.75, 3.05) is 76.6 Å². The van der Waals surface area contributed by atoms with Crippen LogP contribution in [0.2, 0.25) is 0 Å². The maximum absolute atomic E-state index is 15.4. The van der Waals surface area contributed by atoms with E-state index in [4.69, 9.17) is 4.74 Å². The van der Waals surface area contributed by atoms with Crippen LogP contribution in [-0.4, -0.2) is 264 Å². The molecular formula is C69H124N12O13. The summed E-state index contributed by atoms with van der Waals surface area (Å²) in [6.07, 6.45) is 4.20. The molecule has 0 bridgehead atoms. The second-order valence-electron chi connectivity index (χ2n) is 28.8. The quantitative estimate of drug-likeness (QED) is 0.102. The van der Waals surface area contributed by atoms with E-state index >= 15 is 33.6 Å². The standard InChI is InChI=1S/C69H124N12O13/c1-28-31-32-45(14)57(82)56-61(86)72-48(30-3)63(88)75(21)49(33-34-74(19)20)64(89)79(25)53(39-69(17,18)94-35-29-2)60(85)73-54(43(10)11)67(92)76(22)50(36-40(4)5)59(84)70-46(15)58(83)71-47(16)62(87)77(23)51(37-41(6)7)65(90)78(24)52(38-42(8)9)66(91)80(26)55(44(12)13)68(93)81(56)27/h28-29,31,40-57,82H,2,30,32-39H2,1,3-27H3,(H,70,84)(H,71,83)(H,72,86)(H,73,85)/t45-,46+,47-,48+,49-,50+,51+,52+,53+,54+,55+,56+,57-/m1/s1. The Morgan fingerprint density at radius 3 is 1.44 bits per heavy atom. The van der Waals surface area contributed by atoms with Crippen LogP contribution in [0, 0.1) is 35.5 Å². The molecule has 0 spiro atoms. The number of nitrogens with one attached hydrogen (secondary N) is 4. The molecule has 1 fully saturated rings. The Bertz CT molecular complexity index is 2590. The van der Waals surface area contributed by atoms with Gasteiger partial charge in [0.2, 0.25) is 65.0 Å². The fourth-order valence-corrected chi connectivity index (χ4v) is 11.8. The minimum absolute atomic E-state index is 0.0169. The lowest BCUT2D eigenvalue weighted by molar-refractivity contribution is -0.157. The van der Waals surface area contributed by atoms with E-state index in [9.17, 15) is 24.3 Å². The van der Waals surface area contributed by atoms with E-state index < -0.39 is 161 Å². The Labute approximate surface area is 563 Å². The molecule has 11 amide bonds. The molecule has 1 aliphatic rings. The number of aliphatic hydroxyl groups is 1. The van der Waals surface area contributed by atoms with Gasteiger partial charge in [-0.1, -0.05) is 101 Å². The van der Waals surface area contributed by atoms with Crippen LogP contribution in [0.25, 0.3) is 0 Å². The average Bonchev–Trinajstić information content (AvgIpc) is 0.810. The number of ether oxygens (including phenoxy) is 1. The van der Waals surface area contributed by atoms with E-state index in [1.807, 2.05) is 52.5 Å². The molecule has 1 rings (SSSR count). The summed E-state index contributed by atoms with van der Waals surface area (Å²) in [5.41, 5.74) is -1.10. The largest absolute Gasteiger partial charge is 0.390 e. The molecule has 0 aromatic carbocycles. The van der Waals surface area contributed by atoms with Crippen molar-refractivity contribution in [1.82, 2.24) is 60.5 Å². The Morgan fingerprint density at radius 2 is 0.968 bits per heavy atom. The molecule has 1 aliphatic heterocycles. The van der Waals surface area contributed by atoms with Crippen molar-refractivity contribution in [1.29, 1.82) is 0 Å². The van der Waals surface area contributed by atoms with Gasteiger partial charge in [0.15, 0.2) is 0 Å². The highest BCUT2D eigenvalue weighted by molar-refractivity contribution is 6.00. The van der Waals surface area contributed by atoms with Gasteiger partial charge in [-0.25, -0.2) is 0 Å². The number of likely N-dealkylation sites (N-methyl/N-ethyl adjacent to an activating group) is 7. The molecule has 5 N–H and O–H groups in total. The molecule has 0 aromatic heterocycles. The van der Waals surface area contributed by atoms with E-state index in [1.165, 1.54) is 98.7 Å². The van der Waals surface area contributed by atoms with Crippen molar-refractivity contribution in [3.05, 3.63) is 24.8 Å². The predicted molar refractivity (Wildman–Crippen MR) is 366 cm³/mol. The SMILES string of the molecule is C=CCOC(C)(C)C[C@H]1C(=O)N[C@@H](C(C)C)C(=O)N(C)[C@@H](CC(C)C)C(=O)N[C@@H](C)C(=O)N[C@H](C)C(=O)N(C)[C@@H](CC(C)C)C(=O)N(C)[C@@H](CC(C)C)C(=O)N(C)[C@@H](C(C)C)C(=O)N(C)[C@@H]([C@H](O)[C@H](C)CC=CC)C(=O)N[C@@H](CC)C(=O)N(C)[C@H](CCN(C)C)C(=O)N1C. The molecule has 1 heterocycles. The Morgan fingerprint density at radius 1 is 0.532 bits per heavy atom. The number of nitrogens with zero attached hydrogens (tertiary/aromatic N) is 8. The highest BCUT2D eigenvalue weighted by Crippen LogP contribution is 2.27. The van der Waals surface area contributed by atoms with Gasteiger partial charge in [-0.3, -0.25) is 52.7 Å². The van der Waals surface area contributed by atoms with Gasteiger partial charge in [-0.05, 0) is 129 Å². The number of hydrogen-bond acceptors (Lipinski definition) is 14. The fraction of sp³-hybridized carbons (Fsp3) is 0.783. The first-order valence-electron chi connectivity index (χ1n) is 33.7. The minimum Gasteiger partial charge on any atom is -0.390 e. The van der Waals surface area contributed by atoms with Crippen LogP contribution in [0.3, 0.4) is 0 Å². The van der Waals surface area contributed by atoms with Crippen molar-refractivity contribution >= 4 is 65.0 Å². The lowest BCUT2D eigenvalue weighted by Gasteiger charge is -2.41. The number of carbonyl (C=O) groups excluding carboxylic acids is 11. The lowest BCUT2D eigenvalue weighted by Crippen LogP contribution is -2.64. The van der Waals surface area contributed by atoms with Crippen LogP contribution in [0.15, 0.2) is 24.8 Å². The van der Waals surface area contributed by atoms with Crippen molar-refractivity contribution in [2.45, 2.75) is 241 Å². The molecule has 0 aliphatic carbocycles. The molecule has 0 saturated carbocycles. The van der Waals surface area contributed by atoms with E-state index in [0.29, 0.717) is 6.42 Å². The molecule has 0 aromatic rings. The maximum Gasteiger partial charge on any atom is 0.246 e. The number of amides is 11. The maximum atomic E-state index is 15.4. The van der Waals surface area contributed by atoms with Gasteiger partial charge < -0.3 is 70.3 Å². The van der Waals surface area contributed by atoms with Crippen LogP contribution in [0.5, 0.6) is 0 Å². The zero-order valence-electron chi connectivity index (χ0n) is 62.1. The monoisotopic (exact) mass is 1330 g/mol. The molecule has 1 saturated heterocycles. The molecule has 94 heavy (non-hydrogen) atoms. The number of carbonyl (C=O) groups is 11. The molecule has 0 unspecified atom stereocenters. The molecule has 25 nitrogen and oxygen atoms in total. The number of allylic oxidation sites excluding steroid dienone is 2. The molecule has 25 heteroatoms.